The molecule has 1 heterocycles. The second kappa shape index (κ2) is 6.48. The fourth-order valence-electron chi connectivity index (χ4n) is 3.17. The number of benzene rings is 2. The highest BCUT2D eigenvalue weighted by Gasteiger charge is 2.18. The van der Waals surface area contributed by atoms with Crippen LogP contribution in [0.1, 0.15) is 34.2 Å². The maximum Gasteiger partial charge on any atom is 0.255 e. The van der Waals surface area contributed by atoms with E-state index in [4.69, 9.17) is 0 Å². The molecule has 0 saturated carbocycles. The van der Waals surface area contributed by atoms with Gasteiger partial charge in [0.15, 0.2) is 0 Å². The summed E-state index contributed by atoms with van der Waals surface area (Å²) in [6.45, 7) is 5.83. The standard InChI is InChI=1S/C20H23N3O/c1-13(21-20(24)19-14(2)22-23(4)15(19)3)11-16-9-10-17-7-5-6-8-18(17)12-16/h5-10,12-13H,11H2,1-4H3,(H,21,24)/t13-/m0/s1. The van der Waals surface area contributed by atoms with Crippen LogP contribution in [-0.2, 0) is 13.5 Å². The Morgan fingerprint density at radius 2 is 1.88 bits per heavy atom. The lowest BCUT2D eigenvalue weighted by atomic mass is 10.0. The monoisotopic (exact) mass is 321 g/mol. The molecular weight excluding hydrogens is 298 g/mol. The number of aromatic nitrogens is 2. The summed E-state index contributed by atoms with van der Waals surface area (Å²) < 4.78 is 1.75. The maximum absolute atomic E-state index is 12.5. The van der Waals surface area contributed by atoms with Crippen molar-refractivity contribution in [2.24, 2.45) is 7.05 Å². The van der Waals surface area contributed by atoms with E-state index in [0.29, 0.717) is 5.56 Å². The molecule has 0 aliphatic carbocycles. The zero-order valence-corrected chi connectivity index (χ0v) is 14.6. The molecule has 0 spiro atoms. The van der Waals surface area contributed by atoms with Crippen molar-refractivity contribution in [1.29, 1.82) is 0 Å². The van der Waals surface area contributed by atoms with E-state index in [1.165, 1.54) is 16.3 Å². The number of fused-ring (bicyclic) bond motifs is 1. The molecule has 0 fully saturated rings. The zero-order chi connectivity index (χ0) is 17.3. The quantitative estimate of drug-likeness (QED) is 0.799. The third kappa shape index (κ3) is 3.18. The molecule has 3 aromatic rings. The third-order valence-corrected chi connectivity index (χ3v) is 4.47. The van der Waals surface area contributed by atoms with E-state index in [9.17, 15) is 4.79 Å². The smallest absolute Gasteiger partial charge is 0.255 e. The maximum atomic E-state index is 12.5. The second-order valence-electron chi connectivity index (χ2n) is 6.43. The van der Waals surface area contributed by atoms with Crippen LogP contribution in [0.15, 0.2) is 42.5 Å². The molecule has 24 heavy (non-hydrogen) atoms. The summed E-state index contributed by atoms with van der Waals surface area (Å²) >= 11 is 0. The van der Waals surface area contributed by atoms with Crippen LogP contribution >= 0.6 is 0 Å². The molecule has 0 unspecified atom stereocenters. The molecule has 124 valence electrons. The van der Waals surface area contributed by atoms with Crippen molar-refractivity contribution in [2.75, 3.05) is 0 Å². The molecule has 1 atom stereocenters. The number of nitrogens with one attached hydrogen (secondary N) is 1. The molecule has 1 aromatic heterocycles. The number of rotatable bonds is 4. The predicted octanol–water partition coefficient (Wildman–Crippen LogP) is 3.55. The summed E-state index contributed by atoms with van der Waals surface area (Å²) in [7, 11) is 1.86. The molecule has 0 saturated heterocycles. The summed E-state index contributed by atoms with van der Waals surface area (Å²) in [6, 6.07) is 14.8. The number of hydrogen-bond acceptors (Lipinski definition) is 2. The number of aryl methyl sites for hydroxylation is 2. The molecular formula is C20H23N3O. The topological polar surface area (TPSA) is 46.9 Å². The molecule has 4 nitrogen and oxygen atoms in total. The fourth-order valence-corrected chi connectivity index (χ4v) is 3.17. The van der Waals surface area contributed by atoms with Crippen LogP contribution in [0.5, 0.6) is 0 Å². The third-order valence-electron chi connectivity index (χ3n) is 4.47. The van der Waals surface area contributed by atoms with Crippen LogP contribution in [0.3, 0.4) is 0 Å². The minimum Gasteiger partial charge on any atom is -0.349 e. The first-order valence-corrected chi connectivity index (χ1v) is 8.24. The van der Waals surface area contributed by atoms with Crippen molar-refractivity contribution in [3.8, 4) is 0 Å². The van der Waals surface area contributed by atoms with Gasteiger partial charge in [-0.2, -0.15) is 5.10 Å². The van der Waals surface area contributed by atoms with Gasteiger partial charge in [0.1, 0.15) is 0 Å². The Balaban J connectivity index is 1.72. The summed E-state index contributed by atoms with van der Waals surface area (Å²) in [5, 5.41) is 9.87. The molecule has 0 radical (unpaired) electrons. The van der Waals surface area contributed by atoms with Gasteiger partial charge in [0.05, 0.1) is 11.3 Å². The van der Waals surface area contributed by atoms with Gasteiger partial charge in [0, 0.05) is 18.8 Å². The number of carbonyl (C=O) groups is 1. The fraction of sp³-hybridized carbons (Fsp3) is 0.300. The van der Waals surface area contributed by atoms with Crippen LogP contribution in [0.4, 0.5) is 0 Å². The zero-order valence-electron chi connectivity index (χ0n) is 14.6. The van der Waals surface area contributed by atoms with Crippen LogP contribution < -0.4 is 5.32 Å². The Hall–Kier alpha value is -2.62. The highest BCUT2D eigenvalue weighted by atomic mass is 16.1. The van der Waals surface area contributed by atoms with E-state index in [1.54, 1.807) is 4.68 Å². The van der Waals surface area contributed by atoms with Crippen molar-refractivity contribution in [3.05, 3.63) is 65.0 Å². The Kier molecular flexibility index (Phi) is 4.38. The molecule has 0 aliphatic rings. The minimum absolute atomic E-state index is 0.0496. The summed E-state index contributed by atoms with van der Waals surface area (Å²) in [5.41, 5.74) is 3.57. The van der Waals surface area contributed by atoms with Crippen molar-refractivity contribution in [3.63, 3.8) is 0 Å². The average Bonchev–Trinajstić information content (AvgIpc) is 2.79. The van der Waals surface area contributed by atoms with Crippen molar-refractivity contribution >= 4 is 16.7 Å². The molecule has 1 amide bonds. The Morgan fingerprint density at radius 1 is 1.17 bits per heavy atom. The number of carbonyl (C=O) groups excluding carboxylic acids is 1. The van der Waals surface area contributed by atoms with Crippen LogP contribution in [0, 0.1) is 13.8 Å². The van der Waals surface area contributed by atoms with E-state index in [1.807, 2.05) is 40.0 Å². The van der Waals surface area contributed by atoms with E-state index in [2.05, 4.69) is 40.7 Å². The minimum atomic E-state index is -0.0496. The Morgan fingerprint density at radius 3 is 2.54 bits per heavy atom. The van der Waals surface area contributed by atoms with Crippen molar-refractivity contribution in [2.45, 2.75) is 33.2 Å². The van der Waals surface area contributed by atoms with E-state index >= 15 is 0 Å². The molecule has 3 rings (SSSR count). The molecule has 0 bridgehead atoms. The van der Waals surface area contributed by atoms with Crippen LogP contribution in [0.25, 0.3) is 10.8 Å². The van der Waals surface area contributed by atoms with E-state index in [-0.39, 0.29) is 11.9 Å². The van der Waals surface area contributed by atoms with Crippen LogP contribution in [0.2, 0.25) is 0 Å². The first-order chi connectivity index (χ1) is 11.5. The van der Waals surface area contributed by atoms with Gasteiger partial charge in [0.2, 0.25) is 0 Å². The highest BCUT2D eigenvalue weighted by Crippen LogP contribution is 2.17. The van der Waals surface area contributed by atoms with Gasteiger partial charge in [-0.25, -0.2) is 0 Å². The highest BCUT2D eigenvalue weighted by molar-refractivity contribution is 5.96. The van der Waals surface area contributed by atoms with Gasteiger partial charge < -0.3 is 5.32 Å². The van der Waals surface area contributed by atoms with E-state index < -0.39 is 0 Å². The largest absolute Gasteiger partial charge is 0.349 e. The Labute approximate surface area is 142 Å². The Bertz CT molecular complexity index is 895. The van der Waals surface area contributed by atoms with Gasteiger partial charge in [-0.15, -0.1) is 0 Å². The molecule has 4 heteroatoms. The van der Waals surface area contributed by atoms with Crippen molar-refractivity contribution < 1.29 is 4.79 Å². The number of nitrogens with zero attached hydrogens (tertiary/aromatic N) is 2. The number of hydrogen-bond donors (Lipinski definition) is 1. The lowest BCUT2D eigenvalue weighted by Crippen LogP contribution is -2.34. The van der Waals surface area contributed by atoms with Crippen molar-refractivity contribution in [1.82, 2.24) is 15.1 Å². The lowest BCUT2D eigenvalue weighted by Gasteiger charge is -2.15. The van der Waals surface area contributed by atoms with Gasteiger partial charge in [-0.1, -0.05) is 42.5 Å². The van der Waals surface area contributed by atoms with Gasteiger partial charge in [0.25, 0.3) is 5.91 Å². The van der Waals surface area contributed by atoms with Crippen LogP contribution in [-0.4, -0.2) is 21.7 Å². The lowest BCUT2D eigenvalue weighted by molar-refractivity contribution is 0.0939. The first-order valence-electron chi connectivity index (χ1n) is 8.24. The SMILES string of the molecule is Cc1nn(C)c(C)c1C(=O)N[C@@H](C)Cc1ccc2ccccc2c1. The van der Waals surface area contributed by atoms with Gasteiger partial charge in [-0.05, 0) is 43.5 Å². The summed E-state index contributed by atoms with van der Waals surface area (Å²) in [6.07, 6.45) is 0.801. The summed E-state index contributed by atoms with van der Waals surface area (Å²) in [5.74, 6) is -0.0496. The predicted molar refractivity (Wildman–Crippen MR) is 97.3 cm³/mol. The van der Waals surface area contributed by atoms with Gasteiger partial charge >= 0.3 is 0 Å². The first kappa shape index (κ1) is 16.2. The average molecular weight is 321 g/mol. The molecule has 0 aliphatic heterocycles. The van der Waals surface area contributed by atoms with Gasteiger partial charge in [-0.3, -0.25) is 9.48 Å². The number of amides is 1. The molecule has 1 N–H and O–H groups in total. The van der Waals surface area contributed by atoms with E-state index in [0.717, 1.165) is 17.8 Å². The second-order valence-corrected chi connectivity index (χ2v) is 6.43. The summed E-state index contributed by atoms with van der Waals surface area (Å²) in [4.78, 5) is 12.5. The molecule has 2 aromatic carbocycles. The normalized spacial score (nSPS) is 12.3.